The van der Waals surface area contributed by atoms with Crippen molar-refractivity contribution < 1.29 is 37.3 Å². The third-order valence-electron chi connectivity index (χ3n) is 4.23. The molecule has 0 amide bonds. The van der Waals surface area contributed by atoms with Crippen molar-refractivity contribution in [3.8, 4) is 11.5 Å². The summed E-state index contributed by atoms with van der Waals surface area (Å²) in [6.07, 6.45) is -7.48. The second kappa shape index (κ2) is 8.66. The first-order valence-electron chi connectivity index (χ1n) is 8.49. The molecule has 2 aromatic carbocycles. The van der Waals surface area contributed by atoms with Gasteiger partial charge in [0, 0.05) is 21.8 Å². The summed E-state index contributed by atoms with van der Waals surface area (Å²) in [6, 6.07) is 8.69. The maximum atomic E-state index is 12.8. The Morgan fingerprint density at radius 3 is 2.67 bits per heavy atom. The van der Waals surface area contributed by atoms with Crippen LogP contribution in [0.1, 0.15) is 23.7 Å². The standard InChI is InChI=1S/C19H15ClF3NO5S/c1-27-17-10(3-2-4-13(17)29-19(21,22)23)16-11-7-9(20)5-6-12(11)24-18(30)14(28-16)8-15(25)26/h2-7,14,16H,8H2,1H3,(H,24,30)(H,25,26)/t14-,16-/m1/s1. The molecule has 0 aliphatic carbocycles. The molecule has 0 aromatic heterocycles. The van der Waals surface area contributed by atoms with Crippen LogP contribution in [0, 0.1) is 0 Å². The van der Waals surface area contributed by atoms with E-state index in [0.717, 1.165) is 6.07 Å². The first-order chi connectivity index (χ1) is 14.1. The summed E-state index contributed by atoms with van der Waals surface area (Å²) in [5.41, 5.74) is 1.11. The molecule has 3 rings (SSSR count). The zero-order valence-corrected chi connectivity index (χ0v) is 16.9. The van der Waals surface area contributed by atoms with E-state index in [2.05, 4.69) is 10.1 Å². The lowest BCUT2D eigenvalue weighted by Gasteiger charge is -2.24. The highest BCUT2D eigenvalue weighted by Gasteiger charge is 2.36. The molecule has 2 aromatic rings. The zero-order chi connectivity index (χ0) is 22.1. The molecule has 0 bridgehead atoms. The van der Waals surface area contributed by atoms with Gasteiger partial charge in [-0.15, -0.1) is 13.2 Å². The second-order valence-electron chi connectivity index (χ2n) is 6.25. The van der Waals surface area contributed by atoms with Gasteiger partial charge in [-0.2, -0.15) is 0 Å². The summed E-state index contributed by atoms with van der Waals surface area (Å²) in [7, 11) is 1.19. The van der Waals surface area contributed by atoms with Crippen LogP contribution in [-0.2, 0) is 9.53 Å². The van der Waals surface area contributed by atoms with Crippen LogP contribution >= 0.6 is 23.8 Å². The maximum absolute atomic E-state index is 12.8. The summed E-state index contributed by atoms with van der Waals surface area (Å²) in [6.45, 7) is 0. The molecule has 1 heterocycles. The number of alkyl halides is 3. The van der Waals surface area contributed by atoms with Crippen molar-refractivity contribution in [2.75, 3.05) is 12.4 Å². The van der Waals surface area contributed by atoms with Gasteiger partial charge in [-0.25, -0.2) is 0 Å². The van der Waals surface area contributed by atoms with E-state index in [1.165, 1.54) is 19.2 Å². The summed E-state index contributed by atoms with van der Waals surface area (Å²) >= 11 is 11.4. The Kier molecular flexibility index (Phi) is 6.39. The van der Waals surface area contributed by atoms with Crippen LogP contribution < -0.4 is 14.8 Å². The van der Waals surface area contributed by atoms with Gasteiger partial charge in [0.2, 0.25) is 0 Å². The molecular formula is C19H15ClF3NO5S. The zero-order valence-electron chi connectivity index (χ0n) is 15.3. The molecule has 0 unspecified atom stereocenters. The van der Waals surface area contributed by atoms with E-state index in [1.54, 1.807) is 18.2 Å². The maximum Gasteiger partial charge on any atom is 0.573 e. The first-order valence-corrected chi connectivity index (χ1v) is 9.28. The molecule has 2 atom stereocenters. The summed E-state index contributed by atoms with van der Waals surface area (Å²) in [4.78, 5) is 11.4. The van der Waals surface area contributed by atoms with E-state index in [4.69, 9.17) is 33.3 Å². The molecule has 0 radical (unpaired) electrons. The lowest BCUT2D eigenvalue weighted by molar-refractivity contribution is -0.275. The van der Waals surface area contributed by atoms with Crippen molar-refractivity contribution in [3.63, 3.8) is 0 Å². The van der Waals surface area contributed by atoms with Crippen molar-refractivity contribution in [2.24, 2.45) is 0 Å². The number of ether oxygens (including phenoxy) is 3. The number of carboxylic acids is 1. The predicted octanol–water partition coefficient (Wildman–Crippen LogP) is 4.95. The molecule has 0 fully saturated rings. The number of carboxylic acid groups (broad SMARTS) is 1. The van der Waals surface area contributed by atoms with Crippen LogP contribution in [0.3, 0.4) is 0 Å². The van der Waals surface area contributed by atoms with Crippen LogP contribution in [0.5, 0.6) is 11.5 Å². The number of halogens is 4. The molecule has 0 saturated carbocycles. The van der Waals surface area contributed by atoms with Gasteiger partial charge in [0.05, 0.1) is 13.5 Å². The number of hydrogen-bond acceptors (Lipinski definition) is 5. The van der Waals surface area contributed by atoms with Crippen molar-refractivity contribution in [1.82, 2.24) is 0 Å². The average molecular weight is 462 g/mol. The average Bonchev–Trinajstić information content (AvgIpc) is 2.77. The fourth-order valence-corrected chi connectivity index (χ4v) is 3.51. The van der Waals surface area contributed by atoms with E-state index >= 15 is 0 Å². The second-order valence-corrected chi connectivity index (χ2v) is 7.13. The molecule has 0 spiro atoms. The van der Waals surface area contributed by atoms with Gasteiger partial charge in [-0.05, 0) is 24.3 Å². The van der Waals surface area contributed by atoms with Gasteiger partial charge in [0.1, 0.15) is 17.2 Å². The van der Waals surface area contributed by atoms with Crippen LogP contribution in [0.4, 0.5) is 18.9 Å². The van der Waals surface area contributed by atoms with E-state index in [-0.39, 0.29) is 16.3 Å². The number of methoxy groups -OCH3 is 1. The Labute approximate surface area is 179 Å². The molecule has 0 saturated heterocycles. The number of carbonyl (C=O) groups is 1. The van der Waals surface area contributed by atoms with Crippen LogP contribution in [0.25, 0.3) is 0 Å². The Morgan fingerprint density at radius 1 is 1.30 bits per heavy atom. The minimum Gasteiger partial charge on any atom is -0.492 e. The van der Waals surface area contributed by atoms with Gasteiger partial charge in [0.25, 0.3) is 0 Å². The highest BCUT2D eigenvalue weighted by molar-refractivity contribution is 7.80. The van der Waals surface area contributed by atoms with Gasteiger partial charge in [-0.1, -0.05) is 36.0 Å². The highest BCUT2D eigenvalue weighted by atomic mass is 35.5. The summed E-state index contributed by atoms with van der Waals surface area (Å²) < 4.78 is 53.7. The molecule has 6 nitrogen and oxygen atoms in total. The monoisotopic (exact) mass is 461 g/mol. The minimum absolute atomic E-state index is 0.116. The van der Waals surface area contributed by atoms with Crippen molar-refractivity contribution in [2.45, 2.75) is 25.0 Å². The Morgan fingerprint density at radius 2 is 2.03 bits per heavy atom. The van der Waals surface area contributed by atoms with E-state index in [1.807, 2.05) is 0 Å². The van der Waals surface area contributed by atoms with Gasteiger partial charge < -0.3 is 24.6 Å². The highest BCUT2D eigenvalue weighted by Crippen LogP contribution is 2.44. The number of hydrogen-bond donors (Lipinski definition) is 2. The minimum atomic E-state index is -4.94. The Hall–Kier alpha value is -2.56. The van der Waals surface area contributed by atoms with Gasteiger partial charge >= 0.3 is 12.3 Å². The molecule has 11 heteroatoms. The summed E-state index contributed by atoms with van der Waals surface area (Å²) in [5.74, 6) is -1.94. The van der Waals surface area contributed by atoms with Gasteiger partial charge in [-0.3, -0.25) is 4.79 Å². The Bertz CT molecular complexity index is 985. The number of rotatable bonds is 5. The number of fused-ring (bicyclic) bond motifs is 1. The Balaban J connectivity index is 2.16. The van der Waals surface area contributed by atoms with Gasteiger partial charge in [0.15, 0.2) is 11.5 Å². The van der Waals surface area contributed by atoms with Crippen LogP contribution in [0.2, 0.25) is 5.02 Å². The van der Waals surface area contributed by atoms with Crippen LogP contribution in [0.15, 0.2) is 36.4 Å². The normalized spacial score (nSPS) is 18.8. The number of para-hydroxylation sites is 1. The number of nitrogens with one attached hydrogen (secondary N) is 1. The number of aliphatic carboxylic acids is 1. The molecule has 1 aliphatic heterocycles. The van der Waals surface area contributed by atoms with E-state index in [9.17, 15) is 23.1 Å². The largest absolute Gasteiger partial charge is 0.573 e. The molecule has 30 heavy (non-hydrogen) atoms. The van der Waals surface area contributed by atoms with E-state index in [0.29, 0.717) is 16.3 Å². The fourth-order valence-electron chi connectivity index (χ4n) is 3.08. The predicted molar refractivity (Wildman–Crippen MR) is 106 cm³/mol. The number of anilines is 1. The molecule has 1 aliphatic rings. The smallest absolute Gasteiger partial charge is 0.492 e. The SMILES string of the molecule is COc1c(OC(F)(F)F)cccc1[C@H]1O[C@H](CC(=O)O)C(=S)Nc2ccc(Cl)cc21. The van der Waals surface area contributed by atoms with Crippen molar-refractivity contribution >= 4 is 40.5 Å². The first kappa shape index (κ1) is 22.1. The molecular weight excluding hydrogens is 447 g/mol. The molecule has 2 N–H and O–H groups in total. The van der Waals surface area contributed by atoms with Crippen molar-refractivity contribution in [3.05, 3.63) is 52.5 Å². The van der Waals surface area contributed by atoms with Crippen LogP contribution in [-0.4, -0.2) is 35.6 Å². The molecule has 160 valence electrons. The number of thiocarbonyl (C=S) groups is 1. The fraction of sp³-hybridized carbons (Fsp3) is 0.263. The quantitative estimate of drug-likeness (QED) is 0.610. The lowest BCUT2D eigenvalue weighted by Crippen LogP contribution is -2.30. The topological polar surface area (TPSA) is 77.0 Å². The third-order valence-corrected chi connectivity index (χ3v) is 4.83. The lowest BCUT2D eigenvalue weighted by atomic mass is 9.98. The third kappa shape index (κ3) is 4.94. The van der Waals surface area contributed by atoms with Crippen molar-refractivity contribution in [1.29, 1.82) is 0 Å². The number of benzene rings is 2. The van der Waals surface area contributed by atoms with E-state index < -0.39 is 36.7 Å². The summed E-state index contributed by atoms with van der Waals surface area (Å²) in [5, 5.41) is 12.5.